The van der Waals surface area contributed by atoms with Gasteiger partial charge in [0.2, 0.25) is 11.8 Å². The van der Waals surface area contributed by atoms with Crippen LogP contribution in [0.15, 0.2) is 54.0 Å². The summed E-state index contributed by atoms with van der Waals surface area (Å²) in [6.07, 6.45) is 3.74. The molecule has 2 fully saturated rings. The number of aldehydes is 1. The number of carbonyl (C=O) groups is 4. The highest BCUT2D eigenvalue weighted by molar-refractivity contribution is 7.13. The number of nitrogens with two attached hydrogens (primary N) is 2. The average molecular weight is 1040 g/mol. The lowest BCUT2D eigenvalue weighted by molar-refractivity contribution is -0.274. The zero-order chi connectivity index (χ0) is 55.1. The number of thiazole rings is 1. The Bertz CT molecular complexity index is 1810. The average Bonchev–Trinajstić information content (AvgIpc) is 4.04. The molecule has 2 saturated heterocycles. The van der Waals surface area contributed by atoms with Gasteiger partial charge in [-0.2, -0.15) is 0 Å². The van der Waals surface area contributed by atoms with Crippen LogP contribution in [0.5, 0.6) is 5.75 Å². The van der Waals surface area contributed by atoms with Gasteiger partial charge in [0, 0.05) is 58.0 Å². The summed E-state index contributed by atoms with van der Waals surface area (Å²) in [5, 5.41) is 21.5. The van der Waals surface area contributed by atoms with E-state index in [2.05, 4.69) is 98.0 Å². The van der Waals surface area contributed by atoms with Gasteiger partial charge in [-0.05, 0) is 98.7 Å². The molecule has 0 bridgehead atoms. The molecule has 20 heteroatoms. The number of hydrogen-bond donors (Lipinski definition) is 6. The first-order valence-electron chi connectivity index (χ1n) is 24.7. The summed E-state index contributed by atoms with van der Waals surface area (Å²) in [6.45, 7) is 26.4. The fourth-order valence-electron chi connectivity index (χ4n) is 6.98. The number of nitrogen functional groups attached to an aromatic ring is 1. The van der Waals surface area contributed by atoms with Gasteiger partial charge in [0.25, 0.3) is 0 Å². The smallest absolute Gasteiger partial charge is 0.406 e. The number of likely N-dealkylation sites (tertiary alicyclic amines) is 2. The third kappa shape index (κ3) is 30.5. The van der Waals surface area contributed by atoms with Gasteiger partial charge in [0.05, 0.1) is 41.4 Å². The summed E-state index contributed by atoms with van der Waals surface area (Å²) in [5.41, 5.74) is 17.1. The van der Waals surface area contributed by atoms with Crippen molar-refractivity contribution in [3.8, 4) is 16.2 Å². The van der Waals surface area contributed by atoms with Crippen molar-refractivity contribution in [2.45, 2.75) is 138 Å². The molecule has 3 aromatic rings. The molecule has 5 rings (SSSR count). The predicted molar refractivity (Wildman–Crippen MR) is 283 cm³/mol. The first kappa shape index (κ1) is 69.5. The molecule has 2 aliphatic heterocycles. The lowest BCUT2D eigenvalue weighted by Gasteiger charge is -2.34. The molecule has 0 radical (unpaired) electrons. The van der Waals surface area contributed by atoms with Crippen LogP contribution in [-0.4, -0.2) is 141 Å². The van der Waals surface area contributed by atoms with E-state index in [4.69, 9.17) is 31.4 Å². The van der Waals surface area contributed by atoms with Crippen molar-refractivity contribution in [1.82, 2.24) is 25.4 Å². The maximum absolute atomic E-state index is 12.6. The number of aliphatic hydroxyl groups is 1. The monoisotopic (exact) mass is 1040 g/mol. The topological polar surface area (TPSA) is 232 Å². The van der Waals surface area contributed by atoms with Crippen LogP contribution in [0, 0.1) is 18.3 Å². The van der Waals surface area contributed by atoms with Crippen LogP contribution in [-0.2, 0) is 35.2 Å². The second-order valence-electron chi connectivity index (χ2n) is 17.6. The molecular formula is C52H88F3N7O9S. The molecule has 2 aromatic carbocycles. The number of nitrogens with zero attached hydrogens (tertiary/aromatic N) is 3. The quantitative estimate of drug-likeness (QED) is 0.0218. The number of aliphatic hydroxyl groups excluding tert-OH is 1. The molecule has 0 aliphatic carbocycles. The van der Waals surface area contributed by atoms with Crippen LogP contribution in [0.3, 0.4) is 0 Å². The lowest BCUT2D eigenvalue weighted by atomic mass is 9.85. The van der Waals surface area contributed by atoms with Gasteiger partial charge in [-0.1, -0.05) is 86.1 Å². The molecule has 1 aromatic heterocycles. The van der Waals surface area contributed by atoms with Crippen molar-refractivity contribution >= 4 is 41.9 Å². The number of rotatable bonds is 19. The lowest BCUT2D eigenvalue weighted by Crippen LogP contribution is -2.54. The molecule has 3 atom stereocenters. The molecule has 412 valence electrons. The summed E-state index contributed by atoms with van der Waals surface area (Å²) in [4.78, 5) is 56.5. The van der Waals surface area contributed by atoms with Gasteiger partial charge < -0.3 is 56.1 Å². The van der Waals surface area contributed by atoms with Crippen molar-refractivity contribution in [2.75, 3.05) is 71.9 Å². The molecule has 8 N–H and O–H groups in total. The number of alkyl halides is 3. The van der Waals surface area contributed by atoms with Gasteiger partial charge in [0.1, 0.15) is 25.4 Å². The van der Waals surface area contributed by atoms with Crippen LogP contribution < -0.4 is 26.8 Å². The highest BCUT2D eigenvalue weighted by Gasteiger charge is 2.38. The van der Waals surface area contributed by atoms with Crippen molar-refractivity contribution < 1.29 is 57.1 Å². The van der Waals surface area contributed by atoms with Gasteiger partial charge in [0.15, 0.2) is 0 Å². The van der Waals surface area contributed by atoms with Crippen molar-refractivity contribution in [1.29, 1.82) is 0 Å². The zero-order valence-electron chi connectivity index (χ0n) is 44.6. The zero-order valence-corrected chi connectivity index (χ0v) is 45.4. The number of aryl methyl sites for hydroxylation is 1. The minimum atomic E-state index is -4.64. The second-order valence-corrected chi connectivity index (χ2v) is 18.4. The summed E-state index contributed by atoms with van der Waals surface area (Å²) in [7, 11) is 1.00. The first-order chi connectivity index (χ1) is 34.3. The summed E-state index contributed by atoms with van der Waals surface area (Å²) < 4.78 is 43.5. The molecule has 3 heterocycles. The SMILES string of the molecule is C=O.CC.CCC(C)Cc1ccc(-c2scnc2C)cc1.CCCNC(C(=O)N1CCCC1C=O)C(C)(C)C.CO.NC1CCN(C(=O)CCNCCOCCOO)CC1.Nc1ccc(OC(F)(F)F)cc1. The minimum absolute atomic E-state index is 0.0746. The standard InChI is InChI=1S/C15H19NS.C14H26N2O2.C12H25N3O4.C7H6F3NO.C2H6.CH4O.CH2O/c1-4-11(2)9-13-5-7-14(8-6-13)15-12(3)16-10-17-15;1-5-8-15-12(14(2,3)4)13(18)16-9-6-7-11(16)10-17;13-11-2-6-15(7-3-11)12(16)1-4-14-5-8-18-9-10-19-17;8-7(9,10)12-6-3-1-5(11)2-4-6;3*1-2/h5-8,10-11H,4,9H2,1-3H3;10-12,15H,5-9H2,1-4H3;11,14,17H,1-10,13H2;1-4H,11H2;1-2H3;2H,1H3;1H2. The Labute approximate surface area is 431 Å². The molecule has 16 nitrogen and oxygen atoms in total. The molecular weight excluding hydrogens is 956 g/mol. The van der Waals surface area contributed by atoms with E-state index in [0.29, 0.717) is 45.0 Å². The van der Waals surface area contributed by atoms with Gasteiger partial charge in [-0.25, -0.2) is 9.87 Å². The van der Waals surface area contributed by atoms with Crippen LogP contribution in [0.2, 0.25) is 0 Å². The van der Waals surface area contributed by atoms with Crippen molar-refractivity contribution in [2.24, 2.45) is 17.1 Å². The Morgan fingerprint density at radius 2 is 1.56 bits per heavy atom. The summed E-state index contributed by atoms with van der Waals surface area (Å²) in [5.74, 6) is 0.766. The molecule has 2 amide bonds. The van der Waals surface area contributed by atoms with E-state index >= 15 is 0 Å². The first-order valence-corrected chi connectivity index (χ1v) is 25.6. The Hall–Kier alpha value is -4.54. The fraction of sp³-hybridized carbons (Fsp3) is 0.635. The Morgan fingerprint density at radius 1 is 0.944 bits per heavy atom. The number of piperidine rings is 1. The number of aromatic nitrogens is 1. The number of anilines is 1. The predicted octanol–water partition coefficient (Wildman–Crippen LogP) is 8.34. The van der Waals surface area contributed by atoms with Crippen molar-refractivity contribution in [3.63, 3.8) is 0 Å². The van der Waals surface area contributed by atoms with Crippen LogP contribution in [0.4, 0.5) is 18.9 Å². The fourth-order valence-corrected chi connectivity index (χ4v) is 7.79. The molecule has 0 saturated carbocycles. The number of hydrogen-bond acceptors (Lipinski definition) is 15. The van der Waals surface area contributed by atoms with E-state index in [1.165, 1.54) is 41.0 Å². The van der Waals surface area contributed by atoms with E-state index in [-0.39, 0.29) is 47.7 Å². The largest absolute Gasteiger partial charge is 0.573 e. The van der Waals surface area contributed by atoms with E-state index in [0.717, 1.165) is 88.9 Å². The van der Waals surface area contributed by atoms with Crippen LogP contribution in [0.25, 0.3) is 10.4 Å². The Morgan fingerprint density at radius 3 is 2.06 bits per heavy atom. The van der Waals surface area contributed by atoms with Crippen LogP contribution in [0.1, 0.15) is 112 Å². The minimum Gasteiger partial charge on any atom is -0.406 e. The molecule has 0 spiro atoms. The number of carbonyl (C=O) groups excluding carboxylic acids is 4. The maximum Gasteiger partial charge on any atom is 0.573 e. The molecule has 2 aliphatic rings. The summed E-state index contributed by atoms with van der Waals surface area (Å²) >= 11 is 1.72. The van der Waals surface area contributed by atoms with Gasteiger partial charge in [-0.15, -0.1) is 24.5 Å². The number of amides is 2. The number of ether oxygens (including phenoxy) is 2. The Balaban J connectivity index is 0. The molecule has 3 unspecified atom stereocenters. The number of benzene rings is 2. The normalized spacial score (nSPS) is 15.0. The van der Waals surface area contributed by atoms with Crippen LogP contribution >= 0.6 is 11.3 Å². The van der Waals surface area contributed by atoms with Gasteiger partial charge in [-0.3, -0.25) is 14.8 Å². The number of halogens is 3. The highest BCUT2D eigenvalue weighted by Crippen LogP contribution is 2.28. The molecule has 72 heavy (non-hydrogen) atoms. The van der Waals surface area contributed by atoms with E-state index in [1.54, 1.807) is 16.2 Å². The van der Waals surface area contributed by atoms with E-state index in [1.807, 2.05) is 31.0 Å². The maximum atomic E-state index is 12.6. The summed E-state index contributed by atoms with van der Waals surface area (Å²) in [6, 6.07) is 13.7. The number of nitrogens with one attached hydrogen (secondary N) is 2. The highest BCUT2D eigenvalue weighted by atomic mass is 32.1. The third-order valence-electron chi connectivity index (χ3n) is 11.0. The third-order valence-corrected chi connectivity index (χ3v) is 11.9. The van der Waals surface area contributed by atoms with E-state index < -0.39 is 6.36 Å². The second kappa shape index (κ2) is 40.9. The van der Waals surface area contributed by atoms with E-state index in [9.17, 15) is 27.6 Å². The Kier molecular flexibility index (Phi) is 39.5. The van der Waals surface area contributed by atoms with Crippen molar-refractivity contribution in [3.05, 3.63) is 65.3 Å². The van der Waals surface area contributed by atoms with Gasteiger partial charge >= 0.3 is 6.36 Å².